The molecule has 5 heterocycles. The molecule has 29 heavy (non-hydrogen) atoms. The Bertz CT molecular complexity index is 1140. The Kier molecular flexibility index (Phi) is 4.49. The van der Waals surface area contributed by atoms with Crippen molar-refractivity contribution in [3.8, 4) is 0 Å². The van der Waals surface area contributed by atoms with Gasteiger partial charge in [-0.3, -0.25) is 4.79 Å². The topological polar surface area (TPSA) is 40.9 Å². The Morgan fingerprint density at radius 2 is 2.17 bits per heavy atom. The van der Waals surface area contributed by atoms with Crippen LogP contribution in [-0.2, 0) is 4.79 Å². The summed E-state index contributed by atoms with van der Waals surface area (Å²) in [6, 6.07) is 1.49. The number of aromatic nitrogens is 2. The Labute approximate surface area is 170 Å². The first-order chi connectivity index (χ1) is 14.0. The Hall–Kier alpha value is -2.56. The van der Waals surface area contributed by atoms with Crippen LogP contribution in [0.15, 0.2) is 59.9 Å². The molecular weight excluding hydrogens is 386 g/mol. The minimum Gasteiger partial charge on any atom is -0.304 e. The number of pyridine rings is 1. The summed E-state index contributed by atoms with van der Waals surface area (Å²) in [6.07, 6.45) is 14.6. The van der Waals surface area contributed by atoms with Gasteiger partial charge in [-0.25, -0.2) is 9.37 Å². The molecule has 2 unspecified atom stereocenters. The number of allylic oxidation sites excluding steroid dienone is 3. The Balaban J connectivity index is 1.45. The third kappa shape index (κ3) is 3.37. The first-order valence-electron chi connectivity index (χ1n) is 9.72. The van der Waals surface area contributed by atoms with Gasteiger partial charge in [0, 0.05) is 43.3 Å². The largest absolute Gasteiger partial charge is 0.304 e. The average molecular weight is 408 g/mol. The lowest BCUT2D eigenvalue weighted by Gasteiger charge is -2.35. The van der Waals surface area contributed by atoms with Crippen LogP contribution in [0.4, 0.5) is 4.39 Å². The molecule has 0 spiro atoms. The van der Waals surface area contributed by atoms with Crippen LogP contribution >= 0.6 is 8.58 Å². The molecule has 2 aromatic rings. The minimum absolute atomic E-state index is 0.00884. The molecule has 0 N–H and O–H groups in total. The van der Waals surface area contributed by atoms with Crippen molar-refractivity contribution in [1.82, 2.24) is 19.2 Å². The maximum atomic E-state index is 14.5. The third-order valence-corrected chi connectivity index (χ3v) is 7.12. The van der Waals surface area contributed by atoms with E-state index in [4.69, 9.17) is 0 Å². The monoisotopic (exact) mass is 408 g/mol. The first kappa shape index (κ1) is 18.5. The highest BCUT2D eigenvalue weighted by atomic mass is 31.1. The van der Waals surface area contributed by atoms with Crippen molar-refractivity contribution < 1.29 is 9.18 Å². The third-order valence-electron chi connectivity index (χ3n) is 5.58. The van der Waals surface area contributed by atoms with Gasteiger partial charge in [0.15, 0.2) is 11.5 Å². The van der Waals surface area contributed by atoms with Crippen molar-refractivity contribution in [3.63, 3.8) is 0 Å². The molecule has 7 heteroatoms. The summed E-state index contributed by atoms with van der Waals surface area (Å²) >= 11 is 0. The van der Waals surface area contributed by atoms with Crippen molar-refractivity contribution in [3.05, 3.63) is 76.9 Å². The standard InChI is InChI=1S/C22H22FN4OP/c1-14-11-26-12-17(9-18(23)22(26)24-14)16-3-4-21-27(13-16)20(28)10-19(29-21)15-5-7-25(2)8-6-15/h3-5,9-13,21,29H,6-8H2,1-2H3. The summed E-state index contributed by atoms with van der Waals surface area (Å²) in [7, 11) is 2.63. The van der Waals surface area contributed by atoms with Crippen molar-refractivity contribution in [2.45, 2.75) is 19.1 Å². The van der Waals surface area contributed by atoms with Crippen LogP contribution in [0.25, 0.3) is 11.2 Å². The molecular formula is C22H22FN4OP. The summed E-state index contributed by atoms with van der Waals surface area (Å²) < 4.78 is 16.2. The van der Waals surface area contributed by atoms with Gasteiger partial charge in [0.1, 0.15) is 0 Å². The number of aryl methyl sites for hydroxylation is 1. The zero-order valence-electron chi connectivity index (χ0n) is 16.4. The fourth-order valence-electron chi connectivity index (χ4n) is 3.99. The number of likely N-dealkylation sites (N-methyl/N-ethyl adjacent to an activating group) is 1. The van der Waals surface area contributed by atoms with Crippen molar-refractivity contribution >= 4 is 25.7 Å². The molecule has 5 nitrogen and oxygen atoms in total. The van der Waals surface area contributed by atoms with Gasteiger partial charge in [-0.15, -0.1) is 0 Å². The molecule has 0 radical (unpaired) electrons. The van der Waals surface area contributed by atoms with E-state index in [2.05, 4.69) is 29.1 Å². The van der Waals surface area contributed by atoms with Crippen LogP contribution < -0.4 is 0 Å². The number of fused-ring (bicyclic) bond motifs is 2. The molecule has 0 saturated heterocycles. The quantitative estimate of drug-likeness (QED) is 0.712. The lowest BCUT2D eigenvalue weighted by atomic mass is 10.1. The van der Waals surface area contributed by atoms with Crippen LogP contribution in [0.1, 0.15) is 17.7 Å². The number of amides is 1. The molecule has 2 atom stereocenters. The molecule has 3 aliphatic rings. The lowest BCUT2D eigenvalue weighted by Crippen LogP contribution is -2.36. The molecule has 0 fully saturated rings. The van der Waals surface area contributed by atoms with Gasteiger partial charge in [-0.05, 0) is 42.9 Å². The van der Waals surface area contributed by atoms with E-state index in [1.165, 1.54) is 17.0 Å². The van der Waals surface area contributed by atoms with Crippen LogP contribution in [0.5, 0.6) is 0 Å². The summed E-state index contributed by atoms with van der Waals surface area (Å²) in [5, 5.41) is 1.17. The number of carbonyl (C=O) groups is 1. The number of rotatable bonds is 2. The summed E-state index contributed by atoms with van der Waals surface area (Å²) in [5.74, 6) is -0.336. The van der Waals surface area contributed by atoms with E-state index in [0.717, 1.165) is 36.3 Å². The Morgan fingerprint density at radius 1 is 1.31 bits per heavy atom. The highest BCUT2D eigenvalue weighted by Gasteiger charge is 2.30. The zero-order valence-corrected chi connectivity index (χ0v) is 17.4. The van der Waals surface area contributed by atoms with Crippen LogP contribution in [0.2, 0.25) is 0 Å². The number of carbonyl (C=O) groups excluding carboxylic acids is 1. The highest BCUT2D eigenvalue weighted by molar-refractivity contribution is 7.44. The molecule has 0 aromatic carbocycles. The van der Waals surface area contributed by atoms with Crippen molar-refractivity contribution in [2.75, 3.05) is 20.1 Å². The number of nitrogens with zero attached hydrogens (tertiary/aromatic N) is 4. The minimum atomic E-state index is -0.366. The van der Waals surface area contributed by atoms with E-state index in [1.807, 2.05) is 25.4 Å². The molecule has 0 saturated carbocycles. The summed E-state index contributed by atoms with van der Waals surface area (Å²) in [6.45, 7) is 3.80. The first-order valence-corrected chi connectivity index (χ1v) is 10.8. The fourth-order valence-corrected chi connectivity index (χ4v) is 5.46. The Morgan fingerprint density at radius 3 is 2.97 bits per heavy atom. The highest BCUT2D eigenvalue weighted by Crippen LogP contribution is 2.44. The molecule has 148 valence electrons. The number of hydrogen-bond acceptors (Lipinski definition) is 3. The SMILES string of the molecule is Cc1cn2cc(C3=CN4C(=O)C=C(C5=CCN(C)CC5)PC4C=C3)cc(F)c2n1. The van der Waals surface area contributed by atoms with Crippen molar-refractivity contribution in [1.29, 1.82) is 0 Å². The van der Waals surface area contributed by atoms with E-state index in [-0.39, 0.29) is 17.5 Å². The van der Waals surface area contributed by atoms with Gasteiger partial charge in [0.25, 0.3) is 5.91 Å². The predicted molar refractivity (Wildman–Crippen MR) is 114 cm³/mol. The van der Waals surface area contributed by atoms with Gasteiger partial charge < -0.3 is 14.2 Å². The number of halogens is 1. The van der Waals surface area contributed by atoms with Crippen LogP contribution in [0, 0.1) is 12.7 Å². The molecule has 2 aromatic heterocycles. The second-order valence-corrected chi connectivity index (χ2v) is 9.19. The molecule has 5 rings (SSSR count). The maximum Gasteiger partial charge on any atom is 0.252 e. The van der Waals surface area contributed by atoms with E-state index >= 15 is 0 Å². The number of hydrogen-bond donors (Lipinski definition) is 0. The van der Waals surface area contributed by atoms with Gasteiger partial charge in [0.05, 0.1) is 11.5 Å². The van der Waals surface area contributed by atoms with Gasteiger partial charge >= 0.3 is 0 Å². The van der Waals surface area contributed by atoms with E-state index < -0.39 is 0 Å². The average Bonchev–Trinajstić information content (AvgIpc) is 3.09. The molecule has 1 amide bonds. The van der Waals surface area contributed by atoms with Gasteiger partial charge in [0.2, 0.25) is 0 Å². The molecule has 0 aliphatic carbocycles. The van der Waals surface area contributed by atoms with E-state index in [9.17, 15) is 9.18 Å². The van der Waals surface area contributed by atoms with Gasteiger partial charge in [-0.1, -0.05) is 26.8 Å². The fraction of sp³-hybridized carbons (Fsp3) is 0.273. The lowest BCUT2D eigenvalue weighted by molar-refractivity contribution is -0.123. The normalized spacial score (nSPS) is 23.3. The second-order valence-electron chi connectivity index (χ2n) is 7.77. The van der Waals surface area contributed by atoms with Crippen molar-refractivity contribution in [2.24, 2.45) is 0 Å². The number of imidazole rings is 1. The summed E-state index contributed by atoms with van der Waals surface area (Å²) in [4.78, 5) is 21.1. The second kappa shape index (κ2) is 7.05. The zero-order chi connectivity index (χ0) is 20.1. The predicted octanol–water partition coefficient (Wildman–Crippen LogP) is 3.69. The molecule has 3 aliphatic heterocycles. The van der Waals surface area contributed by atoms with E-state index in [1.54, 1.807) is 21.6 Å². The molecule has 0 bridgehead atoms. The van der Waals surface area contributed by atoms with Gasteiger partial charge in [-0.2, -0.15) is 0 Å². The summed E-state index contributed by atoms with van der Waals surface area (Å²) in [5.41, 5.74) is 3.94. The maximum absolute atomic E-state index is 14.5. The van der Waals surface area contributed by atoms with E-state index in [0.29, 0.717) is 14.2 Å². The smallest absolute Gasteiger partial charge is 0.252 e. The van der Waals surface area contributed by atoms with Crippen LogP contribution in [0.3, 0.4) is 0 Å². The van der Waals surface area contributed by atoms with Crippen LogP contribution in [-0.4, -0.2) is 51.0 Å².